The number of nitrogens with zero attached hydrogens (tertiary/aromatic N) is 1. The van der Waals surface area contributed by atoms with E-state index in [2.05, 4.69) is 18.2 Å². The molecular formula is C15H15NO2. The van der Waals surface area contributed by atoms with Gasteiger partial charge >= 0.3 is 0 Å². The van der Waals surface area contributed by atoms with E-state index in [1.54, 1.807) is 4.90 Å². The van der Waals surface area contributed by atoms with Gasteiger partial charge in [0.1, 0.15) is 0 Å². The van der Waals surface area contributed by atoms with Crippen molar-refractivity contribution in [2.24, 2.45) is 0 Å². The van der Waals surface area contributed by atoms with E-state index in [1.165, 1.54) is 10.8 Å². The van der Waals surface area contributed by atoms with Crippen LogP contribution in [0, 0.1) is 0 Å². The summed E-state index contributed by atoms with van der Waals surface area (Å²) in [5.41, 5.74) is 1.13. The SMILES string of the molecule is O=C1CC(O)CN1Cc1cccc2ccccc12. The molecule has 0 saturated carbocycles. The van der Waals surface area contributed by atoms with Crippen LogP contribution >= 0.6 is 0 Å². The molecule has 0 aromatic heterocycles. The number of amides is 1. The van der Waals surface area contributed by atoms with Crippen molar-refractivity contribution in [2.75, 3.05) is 6.54 Å². The Balaban J connectivity index is 1.93. The molecule has 3 nitrogen and oxygen atoms in total. The number of hydrogen-bond acceptors (Lipinski definition) is 2. The summed E-state index contributed by atoms with van der Waals surface area (Å²) in [6.45, 7) is 1.03. The highest BCUT2D eigenvalue weighted by molar-refractivity contribution is 5.86. The third-order valence-electron chi connectivity index (χ3n) is 3.44. The summed E-state index contributed by atoms with van der Waals surface area (Å²) < 4.78 is 0. The van der Waals surface area contributed by atoms with Crippen LogP contribution in [0.4, 0.5) is 0 Å². The zero-order chi connectivity index (χ0) is 12.5. The van der Waals surface area contributed by atoms with Crippen molar-refractivity contribution in [1.29, 1.82) is 0 Å². The van der Waals surface area contributed by atoms with Gasteiger partial charge in [0.15, 0.2) is 0 Å². The van der Waals surface area contributed by atoms with Gasteiger partial charge in [0.25, 0.3) is 0 Å². The molecule has 1 fully saturated rings. The number of carbonyl (C=O) groups is 1. The van der Waals surface area contributed by atoms with Gasteiger partial charge in [-0.15, -0.1) is 0 Å². The van der Waals surface area contributed by atoms with Gasteiger partial charge in [-0.05, 0) is 16.3 Å². The molecule has 1 N–H and O–H groups in total. The first-order chi connectivity index (χ1) is 8.74. The number of hydrogen-bond donors (Lipinski definition) is 1. The van der Waals surface area contributed by atoms with Gasteiger partial charge in [0, 0.05) is 13.1 Å². The highest BCUT2D eigenvalue weighted by Gasteiger charge is 2.27. The summed E-state index contributed by atoms with van der Waals surface area (Å²) in [6.07, 6.45) is -0.252. The minimum Gasteiger partial charge on any atom is -0.391 e. The van der Waals surface area contributed by atoms with Crippen LogP contribution in [0.15, 0.2) is 42.5 Å². The molecule has 1 atom stereocenters. The Labute approximate surface area is 106 Å². The van der Waals surface area contributed by atoms with Gasteiger partial charge < -0.3 is 10.0 Å². The molecule has 2 aromatic rings. The average molecular weight is 241 g/mol. The number of benzene rings is 2. The second-order valence-electron chi connectivity index (χ2n) is 4.77. The van der Waals surface area contributed by atoms with E-state index in [-0.39, 0.29) is 12.3 Å². The zero-order valence-corrected chi connectivity index (χ0v) is 10.0. The fraction of sp³-hybridized carbons (Fsp3) is 0.267. The number of carbonyl (C=O) groups excluding carboxylic acids is 1. The Morgan fingerprint density at radius 1 is 1.17 bits per heavy atom. The normalized spacial score (nSPS) is 19.7. The standard InChI is InChI=1S/C15H15NO2/c17-13-8-15(18)16(10-13)9-12-6-3-5-11-4-1-2-7-14(11)12/h1-7,13,17H,8-10H2. The Hall–Kier alpha value is -1.87. The third-order valence-corrected chi connectivity index (χ3v) is 3.44. The number of likely N-dealkylation sites (tertiary alicyclic amines) is 1. The van der Waals surface area contributed by atoms with E-state index in [1.807, 2.05) is 24.3 Å². The third kappa shape index (κ3) is 1.97. The first kappa shape index (κ1) is 11.2. The lowest BCUT2D eigenvalue weighted by atomic mass is 10.0. The van der Waals surface area contributed by atoms with E-state index in [9.17, 15) is 9.90 Å². The van der Waals surface area contributed by atoms with Crippen LogP contribution in [-0.4, -0.2) is 28.6 Å². The maximum atomic E-state index is 11.7. The first-order valence-electron chi connectivity index (χ1n) is 6.16. The van der Waals surface area contributed by atoms with Crippen molar-refractivity contribution in [2.45, 2.75) is 19.1 Å². The average Bonchev–Trinajstić information content (AvgIpc) is 2.68. The van der Waals surface area contributed by atoms with E-state index in [0.717, 1.165) is 5.56 Å². The lowest BCUT2D eigenvalue weighted by Crippen LogP contribution is -2.25. The van der Waals surface area contributed by atoms with Crippen LogP contribution in [0.3, 0.4) is 0 Å². The summed E-state index contributed by atoms with van der Waals surface area (Å²) >= 11 is 0. The van der Waals surface area contributed by atoms with Crippen molar-refractivity contribution >= 4 is 16.7 Å². The number of fused-ring (bicyclic) bond motifs is 1. The fourth-order valence-corrected chi connectivity index (χ4v) is 2.54. The van der Waals surface area contributed by atoms with Gasteiger partial charge in [-0.2, -0.15) is 0 Å². The number of β-amino-alcohol motifs (C(OH)–C–C–N with tert-alkyl or cyclic N) is 1. The molecule has 0 aliphatic carbocycles. The van der Waals surface area contributed by atoms with Crippen molar-refractivity contribution < 1.29 is 9.90 Å². The molecule has 0 radical (unpaired) electrons. The van der Waals surface area contributed by atoms with Gasteiger partial charge in [0.05, 0.1) is 12.5 Å². The molecular weight excluding hydrogens is 226 g/mol. The molecule has 0 bridgehead atoms. The lowest BCUT2D eigenvalue weighted by molar-refractivity contribution is -0.128. The van der Waals surface area contributed by atoms with Gasteiger partial charge in [-0.3, -0.25) is 4.79 Å². The Morgan fingerprint density at radius 3 is 2.72 bits per heavy atom. The predicted octanol–water partition coefficient (Wildman–Crippen LogP) is 1.93. The van der Waals surface area contributed by atoms with Crippen LogP contribution in [0.2, 0.25) is 0 Å². The van der Waals surface area contributed by atoms with Gasteiger partial charge in [0.2, 0.25) is 5.91 Å². The first-order valence-corrected chi connectivity index (χ1v) is 6.16. The van der Waals surface area contributed by atoms with Crippen molar-refractivity contribution in [3.63, 3.8) is 0 Å². The Bertz CT molecular complexity index is 589. The maximum absolute atomic E-state index is 11.7. The van der Waals surface area contributed by atoms with Crippen LogP contribution < -0.4 is 0 Å². The quantitative estimate of drug-likeness (QED) is 0.872. The van der Waals surface area contributed by atoms with Crippen molar-refractivity contribution in [3.05, 3.63) is 48.0 Å². The highest BCUT2D eigenvalue weighted by Crippen LogP contribution is 2.22. The summed E-state index contributed by atoms with van der Waals surface area (Å²) in [5, 5.41) is 11.9. The van der Waals surface area contributed by atoms with Crippen LogP contribution in [-0.2, 0) is 11.3 Å². The van der Waals surface area contributed by atoms with E-state index in [4.69, 9.17) is 0 Å². The van der Waals surface area contributed by atoms with Crippen molar-refractivity contribution in [1.82, 2.24) is 4.90 Å². The largest absolute Gasteiger partial charge is 0.391 e. The predicted molar refractivity (Wildman–Crippen MR) is 70.0 cm³/mol. The molecule has 0 spiro atoms. The molecule has 3 rings (SSSR count). The molecule has 3 heteroatoms. The summed E-state index contributed by atoms with van der Waals surface area (Å²) in [7, 11) is 0. The highest BCUT2D eigenvalue weighted by atomic mass is 16.3. The topological polar surface area (TPSA) is 40.5 Å². The van der Waals surface area contributed by atoms with Crippen molar-refractivity contribution in [3.8, 4) is 0 Å². The minimum atomic E-state index is -0.507. The van der Waals surface area contributed by atoms with E-state index in [0.29, 0.717) is 13.1 Å². The van der Waals surface area contributed by atoms with Crippen LogP contribution in [0.5, 0.6) is 0 Å². The van der Waals surface area contributed by atoms with Gasteiger partial charge in [-0.25, -0.2) is 0 Å². The minimum absolute atomic E-state index is 0.0374. The summed E-state index contributed by atoms with van der Waals surface area (Å²) in [4.78, 5) is 13.4. The molecule has 2 aromatic carbocycles. The van der Waals surface area contributed by atoms with E-state index >= 15 is 0 Å². The second-order valence-corrected chi connectivity index (χ2v) is 4.77. The molecule has 1 saturated heterocycles. The summed E-state index contributed by atoms with van der Waals surface area (Å²) in [6, 6.07) is 14.3. The second kappa shape index (κ2) is 4.42. The molecule has 1 heterocycles. The van der Waals surface area contributed by atoms with Gasteiger partial charge in [-0.1, -0.05) is 42.5 Å². The number of aliphatic hydroxyl groups is 1. The molecule has 1 aliphatic rings. The molecule has 1 unspecified atom stereocenters. The number of aliphatic hydroxyl groups excluding tert-OH is 1. The number of rotatable bonds is 2. The molecule has 1 amide bonds. The molecule has 18 heavy (non-hydrogen) atoms. The molecule has 1 aliphatic heterocycles. The Morgan fingerprint density at radius 2 is 1.94 bits per heavy atom. The fourth-order valence-electron chi connectivity index (χ4n) is 2.54. The smallest absolute Gasteiger partial charge is 0.225 e. The molecule has 92 valence electrons. The monoisotopic (exact) mass is 241 g/mol. The van der Waals surface area contributed by atoms with E-state index < -0.39 is 6.10 Å². The maximum Gasteiger partial charge on any atom is 0.225 e. The Kier molecular flexibility index (Phi) is 2.76. The lowest BCUT2D eigenvalue weighted by Gasteiger charge is -2.17. The zero-order valence-electron chi connectivity index (χ0n) is 10.0. The van der Waals surface area contributed by atoms with Crippen LogP contribution in [0.25, 0.3) is 10.8 Å². The van der Waals surface area contributed by atoms with Crippen LogP contribution in [0.1, 0.15) is 12.0 Å². The summed E-state index contributed by atoms with van der Waals surface area (Å²) in [5.74, 6) is 0.0374.